The minimum Gasteiger partial charge on any atom is -0.393 e. The first-order valence-electron chi connectivity index (χ1n) is 7.63. The Bertz CT molecular complexity index is 372. The van der Waals surface area contributed by atoms with Crippen molar-refractivity contribution in [2.45, 2.75) is 71.3 Å². The zero-order chi connectivity index (χ0) is 12.8. The molecule has 1 N–H and O–H groups in total. The Morgan fingerprint density at radius 3 is 2.44 bits per heavy atom. The van der Waals surface area contributed by atoms with E-state index in [-0.39, 0.29) is 11.5 Å². The normalized spacial score (nSPS) is 46.6. The number of aliphatic hydroxyl groups excluding tert-OH is 1. The lowest BCUT2D eigenvalue weighted by atomic mass is 9.43. The second-order valence-corrected chi connectivity index (χ2v) is 7.62. The van der Waals surface area contributed by atoms with Crippen LogP contribution in [0, 0.1) is 34.5 Å². The summed E-state index contributed by atoms with van der Waals surface area (Å²) in [4.78, 5) is 0. The molecule has 4 aliphatic rings. The van der Waals surface area contributed by atoms with Gasteiger partial charge in [0.1, 0.15) is 0 Å². The summed E-state index contributed by atoms with van der Waals surface area (Å²) >= 11 is 0. The van der Waals surface area contributed by atoms with Crippen LogP contribution in [0.25, 0.3) is 0 Å². The summed E-state index contributed by atoms with van der Waals surface area (Å²) < 4.78 is 0. The maximum Gasteiger partial charge on any atom is 0.0605 e. The first-order chi connectivity index (χ1) is 8.55. The van der Waals surface area contributed by atoms with E-state index in [1.54, 1.807) is 0 Å². The number of hydrogen-bond donors (Lipinski definition) is 1. The molecule has 1 heteroatoms. The Balaban J connectivity index is 1.75. The molecule has 100 valence electrons. The Morgan fingerprint density at radius 1 is 1.22 bits per heavy atom. The quantitative estimate of drug-likeness (QED) is 0.752. The molecular weight excluding hydrogens is 220 g/mol. The summed E-state index contributed by atoms with van der Waals surface area (Å²) in [5.41, 5.74) is 0.801. The van der Waals surface area contributed by atoms with E-state index in [1.807, 2.05) is 6.92 Å². The van der Waals surface area contributed by atoms with Crippen LogP contribution in [-0.4, -0.2) is 11.2 Å². The average Bonchev–Trinajstić information content (AvgIpc) is 2.25. The molecule has 1 nitrogen and oxygen atoms in total. The number of aliphatic hydroxyl groups is 1. The van der Waals surface area contributed by atoms with Gasteiger partial charge in [-0.3, -0.25) is 0 Å². The molecule has 0 spiro atoms. The number of hydrogen-bond acceptors (Lipinski definition) is 1. The monoisotopic (exact) mass is 246 g/mol. The zero-order valence-electron chi connectivity index (χ0n) is 11.8. The maximum atomic E-state index is 10.7. The van der Waals surface area contributed by atoms with Crippen LogP contribution < -0.4 is 0 Å². The Hall–Kier alpha value is -0.480. The largest absolute Gasteiger partial charge is 0.393 e. The molecule has 4 saturated carbocycles. The molecule has 3 unspecified atom stereocenters. The molecule has 0 heterocycles. The highest BCUT2D eigenvalue weighted by Gasteiger charge is 2.57. The van der Waals surface area contributed by atoms with Crippen molar-refractivity contribution in [2.24, 2.45) is 22.7 Å². The van der Waals surface area contributed by atoms with Gasteiger partial charge in [-0.2, -0.15) is 0 Å². The van der Waals surface area contributed by atoms with Crippen LogP contribution in [0.3, 0.4) is 0 Å². The third kappa shape index (κ3) is 1.99. The Kier molecular flexibility index (Phi) is 2.98. The molecule has 0 aromatic carbocycles. The van der Waals surface area contributed by atoms with Crippen molar-refractivity contribution in [3.63, 3.8) is 0 Å². The summed E-state index contributed by atoms with van der Waals surface area (Å²) in [5, 5.41) is 10.7. The highest BCUT2D eigenvalue weighted by atomic mass is 16.3. The predicted octanol–water partition coefficient (Wildman–Crippen LogP) is 3.76. The van der Waals surface area contributed by atoms with Gasteiger partial charge in [0.05, 0.1) is 6.10 Å². The van der Waals surface area contributed by atoms with Gasteiger partial charge in [0.25, 0.3) is 0 Å². The van der Waals surface area contributed by atoms with Crippen LogP contribution in [0.15, 0.2) is 0 Å². The third-order valence-corrected chi connectivity index (χ3v) is 5.83. The van der Waals surface area contributed by atoms with Gasteiger partial charge in [-0.25, -0.2) is 0 Å². The molecule has 0 aromatic heterocycles. The van der Waals surface area contributed by atoms with E-state index in [9.17, 15) is 5.11 Å². The lowest BCUT2D eigenvalue weighted by molar-refractivity contribution is -0.154. The van der Waals surface area contributed by atoms with Crippen molar-refractivity contribution in [1.29, 1.82) is 0 Å². The fourth-order valence-corrected chi connectivity index (χ4v) is 5.83. The van der Waals surface area contributed by atoms with Crippen molar-refractivity contribution in [2.75, 3.05) is 0 Å². The molecule has 4 aliphatic carbocycles. The average molecular weight is 246 g/mol. The van der Waals surface area contributed by atoms with Gasteiger partial charge in [-0.15, -0.1) is 11.8 Å². The summed E-state index contributed by atoms with van der Waals surface area (Å²) in [6.45, 7) is 4.36. The molecule has 0 aliphatic heterocycles. The summed E-state index contributed by atoms with van der Waals surface area (Å²) in [7, 11) is 0. The highest BCUT2D eigenvalue weighted by molar-refractivity contribution is 5.09. The number of rotatable bonds is 3. The minimum absolute atomic E-state index is 0.108. The molecule has 4 rings (SSSR count). The van der Waals surface area contributed by atoms with E-state index in [4.69, 9.17) is 0 Å². The predicted molar refractivity (Wildman–Crippen MR) is 73.9 cm³/mol. The van der Waals surface area contributed by atoms with Gasteiger partial charge in [-0.1, -0.05) is 6.92 Å². The Morgan fingerprint density at radius 2 is 1.89 bits per heavy atom. The van der Waals surface area contributed by atoms with Gasteiger partial charge in [0, 0.05) is 6.42 Å². The lowest BCUT2D eigenvalue weighted by Gasteiger charge is -2.62. The summed E-state index contributed by atoms with van der Waals surface area (Å²) in [6.07, 6.45) is 9.79. The third-order valence-electron chi connectivity index (χ3n) is 5.83. The molecule has 3 atom stereocenters. The van der Waals surface area contributed by atoms with Crippen molar-refractivity contribution >= 4 is 0 Å². The highest BCUT2D eigenvalue weighted by Crippen LogP contribution is 2.66. The fourth-order valence-electron chi connectivity index (χ4n) is 5.83. The fraction of sp³-hybridized carbons (Fsp3) is 0.882. The van der Waals surface area contributed by atoms with E-state index >= 15 is 0 Å². The van der Waals surface area contributed by atoms with Crippen molar-refractivity contribution in [1.82, 2.24) is 0 Å². The Labute approximate surface area is 111 Å². The maximum absolute atomic E-state index is 10.7. The van der Waals surface area contributed by atoms with Crippen LogP contribution in [0.1, 0.15) is 65.2 Å². The van der Waals surface area contributed by atoms with Crippen molar-refractivity contribution in [3.8, 4) is 11.8 Å². The van der Waals surface area contributed by atoms with Gasteiger partial charge in [0.2, 0.25) is 0 Å². The van der Waals surface area contributed by atoms with Crippen LogP contribution in [-0.2, 0) is 0 Å². The molecule has 0 radical (unpaired) electrons. The van der Waals surface area contributed by atoms with Crippen LogP contribution in [0.2, 0.25) is 0 Å². The molecule has 0 amide bonds. The van der Waals surface area contributed by atoms with Gasteiger partial charge >= 0.3 is 0 Å². The molecule has 4 bridgehead atoms. The summed E-state index contributed by atoms with van der Waals surface area (Å²) in [5.74, 6) is 7.87. The van der Waals surface area contributed by atoms with Crippen LogP contribution in [0.4, 0.5) is 0 Å². The standard InChI is InChI=1S/C17H26O/c1-3-4-5-6-15(18)17-10-13-7-14(11-17)9-16(2,8-13)12-17/h13-15,18H,5-12H2,1-2H3. The lowest BCUT2D eigenvalue weighted by Crippen LogP contribution is -2.55. The van der Waals surface area contributed by atoms with Crippen molar-refractivity contribution in [3.05, 3.63) is 0 Å². The van der Waals surface area contributed by atoms with Gasteiger partial charge in [0.15, 0.2) is 0 Å². The second-order valence-electron chi connectivity index (χ2n) is 7.62. The molecule has 0 saturated heterocycles. The van der Waals surface area contributed by atoms with E-state index in [1.165, 1.54) is 38.5 Å². The van der Waals surface area contributed by atoms with E-state index < -0.39 is 0 Å². The van der Waals surface area contributed by atoms with Gasteiger partial charge in [-0.05, 0) is 74.5 Å². The SMILES string of the molecule is CC#CCCC(O)C12CC3CC(CC(C)(C3)C1)C2. The van der Waals surface area contributed by atoms with Crippen molar-refractivity contribution < 1.29 is 5.11 Å². The van der Waals surface area contributed by atoms with E-state index in [0.717, 1.165) is 24.7 Å². The minimum atomic E-state index is -0.108. The molecule has 4 fully saturated rings. The van der Waals surface area contributed by atoms with Gasteiger partial charge < -0.3 is 5.11 Å². The van der Waals surface area contributed by atoms with E-state index in [2.05, 4.69) is 18.8 Å². The van der Waals surface area contributed by atoms with Crippen LogP contribution >= 0.6 is 0 Å². The first kappa shape index (κ1) is 12.5. The van der Waals surface area contributed by atoms with E-state index in [0.29, 0.717) is 5.41 Å². The zero-order valence-corrected chi connectivity index (χ0v) is 11.8. The summed E-state index contributed by atoms with van der Waals surface area (Å²) in [6, 6.07) is 0. The van der Waals surface area contributed by atoms with Crippen LogP contribution in [0.5, 0.6) is 0 Å². The second kappa shape index (κ2) is 4.27. The molecule has 18 heavy (non-hydrogen) atoms. The topological polar surface area (TPSA) is 20.2 Å². The smallest absolute Gasteiger partial charge is 0.0605 e. The first-order valence-corrected chi connectivity index (χ1v) is 7.63. The molecule has 0 aromatic rings. The molecular formula is C17H26O.